The molecule has 0 spiro atoms. The standard InChI is InChI=1S/C13H22N4O2/c1-17-9-15-16-12(17)8-14-11-7-5-3-4-6-10(11)13(18)19-2/h9-11,14H,3-8H2,1-2H3/t10-,11-/m1/s1. The summed E-state index contributed by atoms with van der Waals surface area (Å²) < 4.78 is 6.81. The predicted octanol–water partition coefficient (Wildman–Crippen LogP) is 1.03. The van der Waals surface area contributed by atoms with Crippen LogP contribution in [-0.4, -0.2) is 33.9 Å². The second-order valence-corrected chi connectivity index (χ2v) is 5.11. The molecule has 6 nitrogen and oxygen atoms in total. The molecule has 0 amide bonds. The van der Waals surface area contributed by atoms with E-state index in [1.165, 1.54) is 13.5 Å². The molecule has 0 unspecified atom stereocenters. The Bertz CT molecular complexity index is 419. The fourth-order valence-corrected chi connectivity index (χ4v) is 2.68. The second-order valence-electron chi connectivity index (χ2n) is 5.11. The molecular formula is C13H22N4O2. The number of hydrogen-bond donors (Lipinski definition) is 1. The molecule has 2 rings (SSSR count). The lowest BCUT2D eigenvalue weighted by Crippen LogP contribution is -2.40. The molecule has 1 aromatic heterocycles. The maximum atomic E-state index is 11.9. The summed E-state index contributed by atoms with van der Waals surface area (Å²) in [5.74, 6) is 0.742. The number of ether oxygens (including phenoxy) is 1. The smallest absolute Gasteiger partial charge is 0.310 e. The lowest BCUT2D eigenvalue weighted by atomic mass is 9.95. The van der Waals surface area contributed by atoms with Gasteiger partial charge in [-0.1, -0.05) is 19.3 Å². The van der Waals surface area contributed by atoms with Crippen LogP contribution in [0.5, 0.6) is 0 Å². The van der Waals surface area contributed by atoms with E-state index in [1.54, 1.807) is 6.33 Å². The number of aromatic nitrogens is 3. The summed E-state index contributed by atoms with van der Waals surface area (Å²) in [6.45, 7) is 0.634. The summed E-state index contributed by atoms with van der Waals surface area (Å²) in [6, 6.07) is 0.173. The van der Waals surface area contributed by atoms with E-state index in [2.05, 4.69) is 15.5 Å². The van der Waals surface area contributed by atoms with Crippen molar-refractivity contribution >= 4 is 5.97 Å². The molecule has 0 bridgehead atoms. The molecule has 0 saturated heterocycles. The Kier molecular flexibility index (Phi) is 4.90. The van der Waals surface area contributed by atoms with Crippen LogP contribution in [-0.2, 0) is 23.1 Å². The largest absolute Gasteiger partial charge is 0.469 e. The highest BCUT2D eigenvalue weighted by molar-refractivity contribution is 5.73. The van der Waals surface area contributed by atoms with Gasteiger partial charge in [0.2, 0.25) is 0 Å². The molecule has 0 aromatic carbocycles. The number of methoxy groups -OCH3 is 1. The number of rotatable bonds is 4. The van der Waals surface area contributed by atoms with Gasteiger partial charge in [0.15, 0.2) is 0 Å². The minimum absolute atomic E-state index is 0.0410. The molecule has 106 valence electrons. The van der Waals surface area contributed by atoms with Crippen molar-refractivity contribution in [1.29, 1.82) is 0 Å². The van der Waals surface area contributed by atoms with E-state index in [0.717, 1.165) is 31.5 Å². The van der Waals surface area contributed by atoms with Crippen LogP contribution in [0.2, 0.25) is 0 Å². The van der Waals surface area contributed by atoms with Crippen LogP contribution in [0.4, 0.5) is 0 Å². The minimum Gasteiger partial charge on any atom is -0.469 e. The first-order valence-electron chi connectivity index (χ1n) is 6.86. The van der Waals surface area contributed by atoms with Gasteiger partial charge in [0.25, 0.3) is 0 Å². The number of carbonyl (C=O) groups is 1. The fraction of sp³-hybridized carbons (Fsp3) is 0.769. The van der Waals surface area contributed by atoms with Crippen LogP contribution in [0.25, 0.3) is 0 Å². The first-order chi connectivity index (χ1) is 9.22. The van der Waals surface area contributed by atoms with Crippen LogP contribution < -0.4 is 5.32 Å². The quantitative estimate of drug-likeness (QED) is 0.651. The first-order valence-corrected chi connectivity index (χ1v) is 6.86. The molecule has 1 saturated carbocycles. The third-order valence-corrected chi connectivity index (χ3v) is 3.85. The van der Waals surface area contributed by atoms with Gasteiger partial charge in [-0.2, -0.15) is 0 Å². The normalized spacial score (nSPS) is 23.9. The number of hydrogen-bond acceptors (Lipinski definition) is 5. The molecule has 1 aliphatic carbocycles. The van der Waals surface area contributed by atoms with E-state index in [9.17, 15) is 4.79 Å². The van der Waals surface area contributed by atoms with Gasteiger partial charge in [0.05, 0.1) is 19.6 Å². The average Bonchev–Trinajstić information content (AvgIpc) is 2.69. The topological polar surface area (TPSA) is 69.0 Å². The van der Waals surface area contributed by atoms with E-state index < -0.39 is 0 Å². The van der Waals surface area contributed by atoms with E-state index in [1.807, 2.05) is 11.6 Å². The van der Waals surface area contributed by atoms with Crippen molar-refractivity contribution in [2.75, 3.05) is 7.11 Å². The summed E-state index contributed by atoms with van der Waals surface area (Å²) in [7, 11) is 3.38. The lowest BCUT2D eigenvalue weighted by Gasteiger charge is -2.23. The Balaban J connectivity index is 1.98. The van der Waals surface area contributed by atoms with Crippen molar-refractivity contribution < 1.29 is 9.53 Å². The maximum Gasteiger partial charge on any atom is 0.310 e. The fourth-order valence-electron chi connectivity index (χ4n) is 2.68. The van der Waals surface area contributed by atoms with Gasteiger partial charge < -0.3 is 14.6 Å². The summed E-state index contributed by atoms with van der Waals surface area (Å²) in [5, 5.41) is 11.3. The van der Waals surface area contributed by atoms with Gasteiger partial charge in [0, 0.05) is 13.1 Å². The highest BCUT2D eigenvalue weighted by Crippen LogP contribution is 2.24. The molecule has 0 radical (unpaired) electrons. The Hall–Kier alpha value is -1.43. The Morgan fingerprint density at radius 1 is 1.47 bits per heavy atom. The summed E-state index contributed by atoms with van der Waals surface area (Å²) in [6.07, 6.45) is 7.05. The molecule has 0 aliphatic heterocycles. The highest BCUT2D eigenvalue weighted by Gasteiger charge is 2.30. The van der Waals surface area contributed by atoms with Crippen molar-refractivity contribution in [1.82, 2.24) is 20.1 Å². The van der Waals surface area contributed by atoms with E-state index in [4.69, 9.17) is 4.74 Å². The molecule has 1 heterocycles. The van der Waals surface area contributed by atoms with Gasteiger partial charge in [-0.3, -0.25) is 4.79 Å². The summed E-state index contributed by atoms with van der Waals surface area (Å²) in [5.41, 5.74) is 0. The number of nitrogens with one attached hydrogen (secondary N) is 1. The molecule has 1 aliphatic rings. The zero-order chi connectivity index (χ0) is 13.7. The van der Waals surface area contributed by atoms with Crippen molar-refractivity contribution in [3.63, 3.8) is 0 Å². The predicted molar refractivity (Wildman–Crippen MR) is 70.2 cm³/mol. The van der Waals surface area contributed by atoms with Gasteiger partial charge in [0.1, 0.15) is 12.2 Å². The van der Waals surface area contributed by atoms with Crippen LogP contribution in [0.3, 0.4) is 0 Å². The van der Waals surface area contributed by atoms with Crippen molar-refractivity contribution in [2.45, 2.75) is 44.7 Å². The van der Waals surface area contributed by atoms with Gasteiger partial charge in [-0.15, -0.1) is 10.2 Å². The molecule has 1 N–H and O–H groups in total. The molecule has 6 heteroatoms. The zero-order valence-electron chi connectivity index (χ0n) is 11.6. The van der Waals surface area contributed by atoms with Gasteiger partial charge in [-0.05, 0) is 12.8 Å². The van der Waals surface area contributed by atoms with E-state index >= 15 is 0 Å². The van der Waals surface area contributed by atoms with Gasteiger partial charge >= 0.3 is 5.97 Å². The molecule has 19 heavy (non-hydrogen) atoms. The van der Waals surface area contributed by atoms with Crippen LogP contribution in [0.15, 0.2) is 6.33 Å². The minimum atomic E-state index is -0.0997. The molecule has 1 aromatic rings. The number of aryl methyl sites for hydroxylation is 1. The third-order valence-electron chi connectivity index (χ3n) is 3.85. The molecule has 1 fully saturated rings. The summed E-state index contributed by atoms with van der Waals surface area (Å²) in [4.78, 5) is 11.9. The number of nitrogens with zero attached hydrogens (tertiary/aromatic N) is 3. The maximum absolute atomic E-state index is 11.9. The number of esters is 1. The molecule has 2 atom stereocenters. The zero-order valence-corrected chi connectivity index (χ0v) is 11.6. The monoisotopic (exact) mass is 266 g/mol. The Morgan fingerprint density at radius 2 is 2.26 bits per heavy atom. The number of carbonyl (C=O) groups excluding carboxylic acids is 1. The van der Waals surface area contributed by atoms with Crippen molar-refractivity contribution in [2.24, 2.45) is 13.0 Å². The van der Waals surface area contributed by atoms with Gasteiger partial charge in [-0.25, -0.2) is 0 Å². The molecular weight excluding hydrogens is 244 g/mol. The Labute approximate surface area is 113 Å². The average molecular weight is 266 g/mol. The van der Waals surface area contributed by atoms with Crippen LogP contribution in [0, 0.1) is 5.92 Å². The second kappa shape index (κ2) is 6.65. The van der Waals surface area contributed by atoms with Crippen molar-refractivity contribution in [3.8, 4) is 0 Å². The van der Waals surface area contributed by atoms with Crippen LogP contribution in [0.1, 0.15) is 37.9 Å². The third kappa shape index (κ3) is 3.53. The lowest BCUT2D eigenvalue weighted by molar-refractivity contribution is -0.146. The Morgan fingerprint density at radius 3 is 2.95 bits per heavy atom. The van der Waals surface area contributed by atoms with E-state index in [-0.39, 0.29) is 17.9 Å². The van der Waals surface area contributed by atoms with Crippen LogP contribution >= 0.6 is 0 Å². The summed E-state index contributed by atoms with van der Waals surface area (Å²) >= 11 is 0. The first kappa shape index (κ1) is 14.0. The van der Waals surface area contributed by atoms with E-state index in [0.29, 0.717) is 6.54 Å². The highest BCUT2D eigenvalue weighted by atomic mass is 16.5. The van der Waals surface area contributed by atoms with Crippen molar-refractivity contribution in [3.05, 3.63) is 12.2 Å². The SMILES string of the molecule is COC(=O)[C@@H]1CCCCC[C@H]1NCc1nncn1C.